The van der Waals surface area contributed by atoms with Crippen molar-refractivity contribution in [1.29, 1.82) is 5.26 Å². The normalized spacial score (nSPS) is 18.6. The molecule has 1 aliphatic rings. The second-order valence-electron chi connectivity index (χ2n) is 4.57. The van der Waals surface area contributed by atoms with Gasteiger partial charge in [0.15, 0.2) is 5.75 Å². The van der Waals surface area contributed by atoms with Crippen molar-refractivity contribution in [3.8, 4) is 11.8 Å². The summed E-state index contributed by atoms with van der Waals surface area (Å²) in [6.07, 6.45) is 2.17. The number of nitrogens with one attached hydrogen (secondary N) is 1. The zero-order valence-corrected chi connectivity index (χ0v) is 10.5. The summed E-state index contributed by atoms with van der Waals surface area (Å²) < 4.78 is 5.55. The number of nitriles is 1. The molecule has 1 N–H and O–H groups in total. The molecule has 1 saturated heterocycles. The molecule has 0 bridgehead atoms. The van der Waals surface area contributed by atoms with Crippen LogP contribution in [-0.4, -0.2) is 24.6 Å². The summed E-state index contributed by atoms with van der Waals surface area (Å²) in [6.45, 7) is 2.36. The highest BCUT2D eigenvalue weighted by molar-refractivity contribution is 5.51. The summed E-state index contributed by atoms with van der Waals surface area (Å²) in [6, 6.07) is 6.15. The van der Waals surface area contributed by atoms with E-state index in [0.717, 1.165) is 25.9 Å². The molecule has 1 aromatic carbocycles. The zero-order valence-electron chi connectivity index (χ0n) is 10.5. The average Bonchev–Trinajstić information content (AvgIpc) is 2.46. The van der Waals surface area contributed by atoms with E-state index in [2.05, 4.69) is 5.32 Å². The van der Waals surface area contributed by atoms with E-state index < -0.39 is 4.92 Å². The lowest BCUT2D eigenvalue weighted by Crippen LogP contribution is -2.33. The van der Waals surface area contributed by atoms with Crippen LogP contribution in [0, 0.1) is 27.4 Å². The first-order chi connectivity index (χ1) is 9.20. The van der Waals surface area contributed by atoms with Crippen LogP contribution >= 0.6 is 0 Å². The Hall–Kier alpha value is -2.13. The Kier molecular flexibility index (Phi) is 4.31. The maximum Gasteiger partial charge on any atom is 0.312 e. The largest absolute Gasteiger partial charge is 0.486 e. The summed E-state index contributed by atoms with van der Waals surface area (Å²) in [5, 5.41) is 23.0. The molecule has 1 heterocycles. The van der Waals surface area contributed by atoms with E-state index in [1.54, 1.807) is 0 Å². The van der Waals surface area contributed by atoms with E-state index in [1.165, 1.54) is 18.2 Å². The first-order valence-electron chi connectivity index (χ1n) is 6.23. The van der Waals surface area contributed by atoms with Crippen molar-refractivity contribution in [2.45, 2.75) is 12.8 Å². The Bertz CT molecular complexity index is 504. The molecule has 2 rings (SSSR count). The highest BCUT2D eigenvalue weighted by Crippen LogP contribution is 2.28. The molecule has 0 radical (unpaired) electrons. The quantitative estimate of drug-likeness (QED) is 0.660. The van der Waals surface area contributed by atoms with Gasteiger partial charge in [0, 0.05) is 18.5 Å². The van der Waals surface area contributed by atoms with E-state index in [-0.39, 0.29) is 17.0 Å². The summed E-state index contributed by atoms with van der Waals surface area (Å²) in [5.74, 6) is 0.610. The Morgan fingerprint density at radius 1 is 1.58 bits per heavy atom. The van der Waals surface area contributed by atoms with Crippen molar-refractivity contribution in [3.05, 3.63) is 33.9 Å². The SMILES string of the molecule is N#Cc1ccc(OCC2CCCNC2)c([N+](=O)[O-])c1. The first kappa shape index (κ1) is 13.3. The molecule has 6 heteroatoms. The number of piperidine rings is 1. The second kappa shape index (κ2) is 6.16. The lowest BCUT2D eigenvalue weighted by molar-refractivity contribution is -0.385. The van der Waals surface area contributed by atoms with E-state index in [4.69, 9.17) is 10.00 Å². The van der Waals surface area contributed by atoms with Crippen LogP contribution in [0.25, 0.3) is 0 Å². The van der Waals surface area contributed by atoms with E-state index >= 15 is 0 Å². The third-order valence-electron chi connectivity index (χ3n) is 3.16. The number of hydrogen-bond donors (Lipinski definition) is 1. The van der Waals surface area contributed by atoms with Gasteiger partial charge in [-0.25, -0.2) is 0 Å². The topological polar surface area (TPSA) is 88.2 Å². The number of rotatable bonds is 4. The molecule has 0 aliphatic carbocycles. The number of benzene rings is 1. The summed E-state index contributed by atoms with van der Waals surface area (Å²) in [7, 11) is 0. The van der Waals surface area contributed by atoms with Gasteiger partial charge in [-0.05, 0) is 31.5 Å². The van der Waals surface area contributed by atoms with Crippen LogP contribution in [0.1, 0.15) is 18.4 Å². The van der Waals surface area contributed by atoms with E-state index in [1.807, 2.05) is 6.07 Å². The Labute approximate surface area is 111 Å². The van der Waals surface area contributed by atoms with Crippen molar-refractivity contribution < 1.29 is 9.66 Å². The number of nitrogens with zero attached hydrogens (tertiary/aromatic N) is 2. The maximum absolute atomic E-state index is 10.9. The van der Waals surface area contributed by atoms with Gasteiger partial charge in [0.1, 0.15) is 0 Å². The molecule has 0 spiro atoms. The summed E-state index contributed by atoms with van der Waals surface area (Å²) in [4.78, 5) is 10.4. The van der Waals surface area contributed by atoms with E-state index in [0.29, 0.717) is 12.5 Å². The van der Waals surface area contributed by atoms with Crippen molar-refractivity contribution in [1.82, 2.24) is 5.32 Å². The second-order valence-corrected chi connectivity index (χ2v) is 4.57. The molecular formula is C13H15N3O3. The molecule has 0 aromatic heterocycles. The van der Waals surface area contributed by atoms with Gasteiger partial charge in [-0.3, -0.25) is 10.1 Å². The number of hydrogen-bond acceptors (Lipinski definition) is 5. The lowest BCUT2D eigenvalue weighted by Gasteiger charge is -2.22. The van der Waals surface area contributed by atoms with E-state index in [9.17, 15) is 10.1 Å². The van der Waals surface area contributed by atoms with Crippen LogP contribution in [0.5, 0.6) is 5.75 Å². The van der Waals surface area contributed by atoms with Gasteiger partial charge in [-0.2, -0.15) is 5.26 Å². The van der Waals surface area contributed by atoms with Crippen molar-refractivity contribution in [2.75, 3.05) is 19.7 Å². The maximum atomic E-state index is 10.9. The monoisotopic (exact) mass is 261 g/mol. The molecule has 19 heavy (non-hydrogen) atoms. The van der Waals surface area contributed by atoms with Crippen molar-refractivity contribution in [3.63, 3.8) is 0 Å². The lowest BCUT2D eigenvalue weighted by atomic mass is 10.0. The molecule has 1 unspecified atom stereocenters. The predicted octanol–water partition coefficient (Wildman–Crippen LogP) is 1.84. The minimum atomic E-state index is -0.519. The highest BCUT2D eigenvalue weighted by Gasteiger charge is 2.19. The molecule has 100 valence electrons. The third-order valence-corrected chi connectivity index (χ3v) is 3.16. The minimum Gasteiger partial charge on any atom is -0.486 e. The first-order valence-corrected chi connectivity index (χ1v) is 6.23. The molecule has 1 atom stereocenters. The fourth-order valence-corrected chi connectivity index (χ4v) is 2.13. The van der Waals surface area contributed by atoms with Crippen LogP contribution in [0.15, 0.2) is 18.2 Å². The highest BCUT2D eigenvalue weighted by atomic mass is 16.6. The van der Waals surface area contributed by atoms with Gasteiger partial charge in [-0.1, -0.05) is 0 Å². The summed E-state index contributed by atoms with van der Waals surface area (Å²) >= 11 is 0. The molecule has 1 fully saturated rings. The zero-order chi connectivity index (χ0) is 13.7. The summed E-state index contributed by atoms with van der Waals surface area (Å²) in [5.41, 5.74) is 0.112. The van der Waals surface area contributed by atoms with Gasteiger partial charge >= 0.3 is 5.69 Å². The van der Waals surface area contributed by atoms with Gasteiger partial charge in [0.25, 0.3) is 0 Å². The minimum absolute atomic E-state index is 0.150. The predicted molar refractivity (Wildman–Crippen MR) is 68.9 cm³/mol. The van der Waals surface area contributed by atoms with Crippen LogP contribution < -0.4 is 10.1 Å². The van der Waals surface area contributed by atoms with Crippen molar-refractivity contribution >= 4 is 5.69 Å². The van der Waals surface area contributed by atoms with Crippen LogP contribution in [-0.2, 0) is 0 Å². The Morgan fingerprint density at radius 3 is 3.05 bits per heavy atom. The number of nitro benzene ring substituents is 1. The Balaban J connectivity index is 2.06. The van der Waals surface area contributed by atoms with Gasteiger partial charge in [0.2, 0.25) is 0 Å². The van der Waals surface area contributed by atoms with Gasteiger partial charge in [0.05, 0.1) is 23.2 Å². The Morgan fingerprint density at radius 2 is 2.42 bits per heavy atom. The molecular weight excluding hydrogens is 246 g/mol. The fourth-order valence-electron chi connectivity index (χ4n) is 2.13. The molecule has 0 saturated carbocycles. The molecule has 1 aromatic rings. The number of ether oxygens (including phenoxy) is 1. The molecule has 0 amide bonds. The van der Waals surface area contributed by atoms with Gasteiger partial charge < -0.3 is 10.1 Å². The smallest absolute Gasteiger partial charge is 0.312 e. The van der Waals surface area contributed by atoms with Crippen molar-refractivity contribution in [2.24, 2.45) is 5.92 Å². The van der Waals surface area contributed by atoms with Crippen LogP contribution in [0.2, 0.25) is 0 Å². The van der Waals surface area contributed by atoms with Gasteiger partial charge in [-0.15, -0.1) is 0 Å². The average molecular weight is 261 g/mol. The molecule has 1 aliphatic heterocycles. The third kappa shape index (κ3) is 3.42. The van der Waals surface area contributed by atoms with Crippen LogP contribution in [0.3, 0.4) is 0 Å². The number of nitro groups is 1. The standard InChI is InChI=1S/C13H15N3O3/c14-7-10-3-4-13(12(6-10)16(17)18)19-9-11-2-1-5-15-8-11/h3-4,6,11,15H,1-2,5,8-9H2. The van der Waals surface area contributed by atoms with Crippen LogP contribution in [0.4, 0.5) is 5.69 Å². The molecule has 6 nitrogen and oxygen atoms in total. The fraction of sp³-hybridized carbons (Fsp3) is 0.462.